The van der Waals surface area contributed by atoms with E-state index in [9.17, 15) is 14.7 Å². The van der Waals surface area contributed by atoms with Crippen LogP contribution < -0.4 is 5.73 Å². The highest BCUT2D eigenvalue weighted by Crippen LogP contribution is 2.49. The Hall–Kier alpha value is -4.23. The first-order valence-electron chi connectivity index (χ1n) is 13.2. The molecule has 0 radical (unpaired) electrons. The quantitative estimate of drug-likeness (QED) is 0.275. The number of hydrogen-bond donors (Lipinski definition) is 2. The number of aryl methyl sites for hydroxylation is 2. The van der Waals surface area contributed by atoms with Crippen LogP contribution in [0, 0.1) is 6.92 Å². The van der Waals surface area contributed by atoms with Crippen molar-refractivity contribution in [2.24, 2.45) is 5.73 Å². The lowest BCUT2D eigenvalue weighted by Crippen LogP contribution is -2.42. The number of rotatable bonds is 10. The van der Waals surface area contributed by atoms with Gasteiger partial charge in [-0.2, -0.15) is 0 Å². The summed E-state index contributed by atoms with van der Waals surface area (Å²) in [7, 11) is 0. The van der Waals surface area contributed by atoms with Gasteiger partial charge >= 0.3 is 5.97 Å². The number of nitrogens with two attached hydrogens (primary N) is 1. The van der Waals surface area contributed by atoms with Gasteiger partial charge in [-0.15, -0.1) is 0 Å². The van der Waals surface area contributed by atoms with Crippen molar-refractivity contribution < 1.29 is 24.0 Å². The summed E-state index contributed by atoms with van der Waals surface area (Å²) in [6.45, 7) is 3.89. The van der Waals surface area contributed by atoms with E-state index < -0.39 is 16.9 Å². The molecule has 1 atom stereocenters. The summed E-state index contributed by atoms with van der Waals surface area (Å²) in [5.41, 5.74) is 8.59. The van der Waals surface area contributed by atoms with E-state index in [1.807, 2.05) is 85.8 Å². The molecule has 0 spiro atoms. The second-order valence-electron chi connectivity index (χ2n) is 10.1. The van der Waals surface area contributed by atoms with E-state index >= 15 is 0 Å². The van der Waals surface area contributed by atoms with Crippen LogP contribution in [0.2, 0.25) is 0 Å². The van der Waals surface area contributed by atoms with Crippen LogP contribution in [0.5, 0.6) is 0 Å². The van der Waals surface area contributed by atoms with Crippen molar-refractivity contribution >= 4 is 11.9 Å². The lowest BCUT2D eigenvalue weighted by Gasteiger charge is -2.25. The number of amides is 1. The third-order valence-electron chi connectivity index (χ3n) is 7.64. The maximum absolute atomic E-state index is 12.6. The van der Waals surface area contributed by atoms with Gasteiger partial charge in [0.05, 0.1) is 23.3 Å². The van der Waals surface area contributed by atoms with Gasteiger partial charge in [-0.3, -0.25) is 9.59 Å². The van der Waals surface area contributed by atoms with Crippen LogP contribution in [-0.4, -0.2) is 28.7 Å². The molecule has 7 heteroatoms. The summed E-state index contributed by atoms with van der Waals surface area (Å²) in [4.78, 5) is 25.0. The summed E-state index contributed by atoms with van der Waals surface area (Å²) < 4.78 is 10.9. The Kier molecular flexibility index (Phi) is 7.10. The zero-order chi connectivity index (χ0) is 27.6. The van der Waals surface area contributed by atoms with Crippen molar-refractivity contribution in [1.82, 2.24) is 5.16 Å². The highest BCUT2D eigenvalue weighted by Gasteiger charge is 2.52. The predicted octanol–water partition coefficient (Wildman–Crippen LogP) is 5.22. The molecular weight excluding hydrogens is 492 g/mol. The number of benzene rings is 3. The fourth-order valence-corrected chi connectivity index (χ4v) is 5.20. The van der Waals surface area contributed by atoms with Crippen LogP contribution in [0.15, 0.2) is 83.4 Å². The third kappa shape index (κ3) is 4.98. The standard InChI is InChI=1S/C32H32N2O5/c1-3-38-30(36)31(19-20-31)26-15-13-24(14-16-26)23-9-11-25(12-10-23)28-27(21(2)34-39-28)32(37,29(33)35)18-17-22-7-5-4-6-8-22/h4-16,37H,3,17-20H2,1-2H3,(H2,33,35). The summed E-state index contributed by atoms with van der Waals surface area (Å²) >= 11 is 0. The van der Waals surface area contributed by atoms with Gasteiger partial charge < -0.3 is 20.1 Å². The van der Waals surface area contributed by atoms with Gasteiger partial charge in [-0.1, -0.05) is 84.0 Å². The monoisotopic (exact) mass is 524 g/mol. The highest BCUT2D eigenvalue weighted by atomic mass is 16.5. The number of nitrogens with zero attached hydrogens (tertiary/aromatic N) is 1. The minimum absolute atomic E-state index is 0.0964. The Morgan fingerprint density at radius 3 is 2.13 bits per heavy atom. The second kappa shape index (κ2) is 10.5. The molecule has 200 valence electrons. The zero-order valence-corrected chi connectivity index (χ0v) is 22.1. The summed E-state index contributed by atoms with van der Waals surface area (Å²) in [5, 5.41) is 15.6. The molecule has 3 N–H and O–H groups in total. The average molecular weight is 525 g/mol. The zero-order valence-electron chi connectivity index (χ0n) is 22.1. The van der Waals surface area contributed by atoms with Crippen LogP contribution in [0.4, 0.5) is 0 Å². The smallest absolute Gasteiger partial charge is 0.316 e. The molecule has 1 saturated carbocycles. The molecule has 1 fully saturated rings. The van der Waals surface area contributed by atoms with Gasteiger partial charge in [-0.05, 0) is 61.8 Å². The maximum Gasteiger partial charge on any atom is 0.316 e. The number of aliphatic hydroxyl groups is 1. The van der Waals surface area contributed by atoms with E-state index in [2.05, 4.69) is 5.16 Å². The number of ether oxygens (including phenoxy) is 1. The largest absolute Gasteiger partial charge is 0.465 e. The fraction of sp³-hybridized carbons (Fsp3) is 0.281. The van der Waals surface area contributed by atoms with Crippen LogP contribution in [0.3, 0.4) is 0 Å². The van der Waals surface area contributed by atoms with Gasteiger partial charge in [-0.25, -0.2) is 0 Å². The molecule has 39 heavy (non-hydrogen) atoms. The van der Waals surface area contributed by atoms with Crippen molar-refractivity contribution in [1.29, 1.82) is 0 Å². The van der Waals surface area contributed by atoms with Crippen molar-refractivity contribution in [3.05, 3.63) is 101 Å². The number of hydrogen-bond acceptors (Lipinski definition) is 6. The predicted molar refractivity (Wildman–Crippen MR) is 148 cm³/mol. The Bertz CT molecular complexity index is 1470. The second-order valence-corrected chi connectivity index (χ2v) is 10.1. The first-order chi connectivity index (χ1) is 18.8. The van der Waals surface area contributed by atoms with Gasteiger partial charge in [0.15, 0.2) is 11.4 Å². The number of esters is 1. The van der Waals surface area contributed by atoms with Crippen molar-refractivity contribution in [2.45, 2.75) is 50.5 Å². The fourth-order valence-electron chi connectivity index (χ4n) is 5.20. The highest BCUT2D eigenvalue weighted by molar-refractivity contribution is 5.88. The molecule has 1 aliphatic carbocycles. The molecular formula is C32H32N2O5. The van der Waals surface area contributed by atoms with Crippen molar-refractivity contribution in [2.75, 3.05) is 6.61 Å². The molecule has 1 aliphatic rings. The number of carbonyl (C=O) groups excluding carboxylic acids is 2. The molecule has 4 aromatic rings. The normalized spacial score (nSPS) is 15.4. The lowest BCUT2D eigenvalue weighted by atomic mass is 9.84. The molecule has 1 amide bonds. The van der Waals surface area contributed by atoms with Gasteiger partial charge in [0.2, 0.25) is 0 Å². The summed E-state index contributed by atoms with van der Waals surface area (Å²) in [5.74, 6) is -0.687. The first kappa shape index (κ1) is 26.4. The van der Waals surface area contributed by atoms with E-state index in [0.29, 0.717) is 30.0 Å². The van der Waals surface area contributed by atoms with Crippen molar-refractivity contribution in [3.8, 4) is 22.5 Å². The van der Waals surface area contributed by atoms with Gasteiger partial charge in [0, 0.05) is 5.56 Å². The maximum atomic E-state index is 12.6. The van der Waals surface area contributed by atoms with E-state index in [1.165, 1.54) is 0 Å². The molecule has 1 heterocycles. The summed E-state index contributed by atoms with van der Waals surface area (Å²) in [6, 6.07) is 25.2. The molecule has 0 bridgehead atoms. The molecule has 5 rings (SSSR count). The van der Waals surface area contributed by atoms with Crippen LogP contribution in [-0.2, 0) is 31.8 Å². The van der Waals surface area contributed by atoms with Crippen LogP contribution in [0.1, 0.15) is 48.6 Å². The minimum atomic E-state index is -1.94. The van der Waals surface area contributed by atoms with E-state index in [1.54, 1.807) is 6.92 Å². The van der Waals surface area contributed by atoms with Crippen LogP contribution >= 0.6 is 0 Å². The van der Waals surface area contributed by atoms with Gasteiger partial charge in [0.1, 0.15) is 0 Å². The summed E-state index contributed by atoms with van der Waals surface area (Å²) in [6.07, 6.45) is 2.17. The Morgan fingerprint density at radius 1 is 0.974 bits per heavy atom. The van der Waals surface area contributed by atoms with Crippen molar-refractivity contribution in [3.63, 3.8) is 0 Å². The third-order valence-corrected chi connectivity index (χ3v) is 7.64. The topological polar surface area (TPSA) is 116 Å². The lowest BCUT2D eigenvalue weighted by molar-refractivity contribution is -0.146. The SMILES string of the molecule is CCOC(=O)C1(c2ccc(-c3ccc(-c4onc(C)c4C(O)(CCc4ccccc4)C(N)=O)cc3)cc2)CC1. The van der Waals surface area contributed by atoms with E-state index in [0.717, 1.165) is 35.1 Å². The Balaban J connectivity index is 1.39. The molecule has 3 aromatic carbocycles. The first-order valence-corrected chi connectivity index (χ1v) is 13.2. The van der Waals surface area contributed by atoms with Crippen LogP contribution in [0.25, 0.3) is 22.5 Å². The Labute approximate surface area is 227 Å². The molecule has 7 nitrogen and oxygen atoms in total. The molecule has 1 unspecified atom stereocenters. The number of primary amides is 1. The van der Waals surface area contributed by atoms with Gasteiger partial charge in [0.25, 0.3) is 5.91 Å². The molecule has 0 saturated heterocycles. The van der Waals surface area contributed by atoms with E-state index in [4.69, 9.17) is 15.0 Å². The number of aromatic nitrogens is 1. The molecule has 0 aliphatic heterocycles. The molecule has 1 aromatic heterocycles. The minimum Gasteiger partial charge on any atom is -0.465 e. The van der Waals surface area contributed by atoms with E-state index in [-0.39, 0.29) is 18.0 Å². The number of carbonyl (C=O) groups is 2. The Morgan fingerprint density at radius 2 is 1.56 bits per heavy atom. The average Bonchev–Trinajstić information content (AvgIpc) is 3.68.